The van der Waals surface area contributed by atoms with Crippen molar-refractivity contribution in [2.24, 2.45) is 0 Å². The van der Waals surface area contributed by atoms with Crippen LogP contribution in [0.2, 0.25) is 0 Å². The molecule has 0 radical (unpaired) electrons. The maximum Gasteiger partial charge on any atom is 0.249 e. The average Bonchev–Trinajstić information content (AvgIpc) is 3.11. The molecule has 3 nitrogen and oxygen atoms in total. The van der Waals surface area contributed by atoms with Crippen molar-refractivity contribution in [3.8, 4) is 0 Å². The van der Waals surface area contributed by atoms with Crippen LogP contribution < -0.4 is 5.32 Å². The zero-order valence-electron chi connectivity index (χ0n) is 9.23. The molecule has 2 N–H and O–H groups in total. The lowest BCUT2D eigenvalue weighted by Crippen LogP contribution is -2.36. The summed E-state index contributed by atoms with van der Waals surface area (Å²) in [5.41, 5.74) is 1.15. The number of aliphatic hydroxyl groups excluding tert-OH is 1. The molecule has 1 atom stereocenters. The van der Waals surface area contributed by atoms with Crippen LogP contribution in [0.5, 0.6) is 0 Å². The van der Waals surface area contributed by atoms with E-state index in [2.05, 4.69) is 5.32 Å². The Morgan fingerprint density at radius 1 is 1.38 bits per heavy atom. The van der Waals surface area contributed by atoms with Gasteiger partial charge in [0.2, 0.25) is 5.91 Å². The van der Waals surface area contributed by atoms with Crippen LogP contribution in [0.4, 0.5) is 0 Å². The number of nitrogens with one attached hydrogen (secondary N) is 1. The van der Waals surface area contributed by atoms with Gasteiger partial charge in [-0.1, -0.05) is 30.3 Å². The molecule has 1 fully saturated rings. The number of aliphatic hydroxyl groups is 1. The van der Waals surface area contributed by atoms with Crippen molar-refractivity contribution < 1.29 is 9.90 Å². The third-order valence-corrected chi connectivity index (χ3v) is 2.78. The fraction of sp³-hybridized carbons (Fsp3) is 0.462. The molecular weight excluding hydrogens is 202 g/mol. The number of benzene rings is 1. The topological polar surface area (TPSA) is 49.3 Å². The Labute approximate surface area is 95.5 Å². The van der Waals surface area contributed by atoms with E-state index in [1.165, 1.54) is 0 Å². The summed E-state index contributed by atoms with van der Waals surface area (Å²) in [5.74, 6) is -0.224. The molecule has 3 heteroatoms. The predicted octanol–water partition coefficient (Wildman–Crippen LogP) is 1.26. The third-order valence-electron chi connectivity index (χ3n) is 2.78. The van der Waals surface area contributed by atoms with Crippen LogP contribution >= 0.6 is 0 Å². The molecule has 0 bridgehead atoms. The van der Waals surface area contributed by atoms with Gasteiger partial charge in [-0.05, 0) is 31.2 Å². The van der Waals surface area contributed by atoms with Gasteiger partial charge in [0.05, 0.1) is 0 Å². The van der Waals surface area contributed by atoms with E-state index in [0.29, 0.717) is 12.5 Å². The van der Waals surface area contributed by atoms with Crippen molar-refractivity contribution in [1.29, 1.82) is 0 Å². The van der Waals surface area contributed by atoms with Gasteiger partial charge < -0.3 is 10.4 Å². The Morgan fingerprint density at radius 2 is 2.06 bits per heavy atom. The van der Waals surface area contributed by atoms with Crippen LogP contribution in [-0.2, 0) is 11.2 Å². The Kier molecular flexibility index (Phi) is 3.57. The molecule has 2 rings (SSSR count). The molecule has 0 saturated heterocycles. The molecule has 0 aromatic heterocycles. The Balaban J connectivity index is 1.74. The zero-order chi connectivity index (χ0) is 11.4. The number of amides is 1. The van der Waals surface area contributed by atoms with Gasteiger partial charge >= 0.3 is 0 Å². The van der Waals surface area contributed by atoms with Crippen molar-refractivity contribution >= 4 is 5.91 Å². The summed E-state index contributed by atoms with van der Waals surface area (Å²) < 4.78 is 0. The molecule has 86 valence electrons. The Bertz CT molecular complexity index is 346. The second-order valence-corrected chi connectivity index (χ2v) is 4.32. The lowest BCUT2D eigenvalue weighted by molar-refractivity contribution is -0.129. The first-order chi connectivity index (χ1) is 7.75. The number of aryl methyl sites for hydroxylation is 1. The maximum absolute atomic E-state index is 11.5. The van der Waals surface area contributed by atoms with Gasteiger partial charge in [-0.3, -0.25) is 4.79 Å². The highest BCUT2D eigenvalue weighted by Gasteiger charge is 2.26. The van der Waals surface area contributed by atoms with Crippen LogP contribution in [0.1, 0.15) is 24.8 Å². The van der Waals surface area contributed by atoms with Crippen molar-refractivity contribution in [3.05, 3.63) is 35.9 Å². The van der Waals surface area contributed by atoms with Crippen LogP contribution in [0.25, 0.3) is 0 Å². The minimum Gasteiger partial charge on any atom is -0.383 e. The van der Waals surface area contributed by atoms with E-state index < -0.39 is 6.10 Å². The van der Waals surface area contributed by atoms with Crippen molar-refractivity contribution in [2.45, 2.75) is 37.8 Å². The van der Waals surface area contributed by atoms with Gasteiger partial charge in [-0.15, -0.1) is 0 Å². The molecule has 0 heterocycles. The number of hydrogen-bond donors (Lipinski definition) is 2. The van der Waals surface area contributed by atoms with Gasteiger partial charge in [0.1, 0.15) is 6.10 Å². The van der Waals surface area contributed by atoms with E-state index in [1.807, 2.05) is 30.3 Å². The normalized spacial score (nSPS) is 16.8. The van der Waals surface area contributed by atoms with Crippen molar-refractivity contribution in [2.75, 3.05) is 0 Å². The highest BCUT2D eigenvalue weighted by molar-refractivity contribution is 5.81. The van der Waals surface area contributed by atoms with Gasteiger partial charge in [0.15, 0.2) is 0 Å². The molecule has 1 amide bonds. The number of hydrogen-bond acceptors (Lipinski definition) is 2. The van der Waals surface area contributed by atoms with E-state index in [9.17, 15) is 9.90 Å². The third kappa shape index (κ3) is 3.35. The summed E-state index contributed by atoms with van der Waals surface area (Å²) >= 11 is 0. The van der Waals surface area contributed by atoms with Gasteiger partial charge in [-0.25, -0.2) is 0 Å². The molecule has 16 heavy (non-hydrogen) atoms. The summed E-state index contributed by atoms with van der Waals surface area (Å²) in [5, 5.41) is 12.4. The Morgan fingerprint density at radius 3 is 2.69 bits per heavy atom. The zero-order valence-corrected chi connectivity index (χ0v) is 9.23. The summed E-state index contributed by atoms with van der Waals surface area (Å²) in [7, 11) is 0. The fourth-order valence-electron chi connectivity index (χ4n) is 1.60. The van der Waals surface area contributed by atoms with Crippen LogP contribution in [0.15, 0.2) is 30.3 Å². The minimum atomic E-state index is -0.874. The largest absolute Gasteiger partial charge is 0.383 e. The molecule has 0 aliphatic heterocycles. The Hall–Kier alpha value is -1.35. The lowest BCUT2D eigenvalue weighted by Gasteiger charge is -2.10. The molecular formula is C13H17NO2. The molecule has 1 saturated carbocycles. The van der Waals surface area contributed by atoms with Crippen molar-refractivity contribution in [3.63, 3.8) is 0 Å². The average molecular weight is 219 g/mol. The molecule has 1 unspecified atom stereocenters. The smallest absolute Gasteiger partial charge is 0.249 e. The van der Waals surface area contributed by atoms with Crippen LogP contribution in [0, 0.1) is 0 Å². The molecule has 1 aliphatic rings. The first-order valence-electron chi connectivity index (χ1n) is 5.78. The summed E-state index contributed by atoms with van der Waals surface area (Å²) in [6.45, 7) is 0. The number of rotatable bonds is 5. The highest BCUT2D eigenvalue weighted by Crippen LogP contribution is 2.19. The quantitative estimate of drug-likeness (QED) is 0.783. The summed E-state index contributed by atoms with van der Waals surface area (Å²) in [4.78, 5) is 11.5. The molecule has 1 aromatic carbocycles. The fourth-order valence-corrected chi connectivity index (χ4v) is 1.60. The van der Waals surface area contributed by atoms with E-state index in [-0.39, 0.29) is 5.91 Å². The van der Waals surface area contributed by atoms with Crippen LogP contribution in [0.3, 0.4) is 0 Å². The second kappa shape index (κ2) is 5.12. The highest BCUT2D eigenvalue weighted by atomic mass is 16.3. The number of carbonyl (C=O) groups is 1. The minimum absolute atomic E-state index is 0.224. The maximum atomic E-state index is 11.5. The van der Waals surface area contributed by atoms with E-state index in [4.69, 9.17) is 0 Å². The SMILES string of the molecule is O=C(NC1CC1)C(O)CCc1ccccc1. The predicted molar refractivity (Wildman–Crippen MR) is 61.9 cm³/mol. The molecule has 1 aliphatic carbocycles. The van der Waals surface area contributed by atoms with E-state index in [0.717, 1.165) is 24.8 Å². The van der Waals surface area contributed by atoms with Crippen LogP contribution in [-0.4, -0.2) is 23.2 Å². The van der Waals surface area contributed by atoms with Gasteiger partial charge in [0, 0.05) is 6.04 Å². The lowest BCUT2D eigenvalue weighted by atomic mass is 10.1. The van der Waals surface area contributed by atoms with Gasteiger partial charge in [0.25, 0.3) is 0 Å². The first kappa shape index (κ1) is 11.1. The molecule has 0 spiro atoms. The first-order valence-corrected chi connectivity index (χ1v) is 5.78. The van der Waals surface area contributed by atoms with E-state index >= 15 is 0 Å². The second-order valence-electron chi connectivity index (χ2n) is 4.32. The van der Waals surface area contributed by atoms with E-state index in [1.54, 1.807) is 0 Å². The monoisotopic (exact) mass is 219 g/mol. The molecule has 1 aromatic rings. The standard InChI is InChI=1S/C13H17NO2/c15-12(13(16)14-11-7-8-11)9-6-10-4-2-1-3-5-10/h1-5,11-12,15H,6-9H2,(H,14,16). The van der Waals surface area contributed by atoms with Gasteiger partial charge in [-0.2, -0.15) is 0 Å². The summed E-state index contributed by atoms with van der Waals surface area (Å²) in [6, 6.07) is 10.2. The number of carbonyl (C=O) groups excluding carboxylic acids is 1. The van der Waals surface area contributed by atoms with Crippen molar-refractivity contribution in [1.82, 2.24) is 5.32 Å². The summed E-state index contributed by atoms with van der Waals surface area (Å²) in [6.07, 6.45) is 2.46.